The molecule has 0 bridgehead atoms. The molecule has 102 valence electrons. The van der Waals surface area contributed by atoms with E-state index in [2.05, 4.69) is 67.4 Å². The maximum Gasteiger partial charge on any atom is 2.00 e. The first kappa shape index (κ1) is 15.7. The van der Waals surface area contributed by atoms with Crippen LogP contribution in [0.15, 0.2) is 11.1 Å². The monoisotopic (exact) mass is 289 g/mol. The van der Waals surface area contributed by atoms with Crippen LogP contribution in [0.25, 0.3) is 0 Å². The average Bonchev–Trinajstić information content (AvgIpc) is 3.14. The van der Waals surface area contributed by atoms with E-state index in [4.69, 9.17) is 4.74 Å². The molecule has 1 aliphatic heterocycles. The number of ether oxygens (including phenoxy) is 1. The summed E-state index contributed by atoms with van der Waals surface area (Å²) in [5, 5.41) is 0. The topological polar surface area (TPSA) is 21.6 Å². The van der Waals surface area contributed by atoms with Gasteiger partial charge in [0, 0.05) is 0 Å². The van der Waals surface area contributed by atoms with Crippen molar-refractivity contribution in [3.63, 3.8) is 0 Å². The number of hydrogen-bond donors (Lipinski definition) is 0. The molecule has 0 fully saturated rings. The van der Waals surface area contributed by atoms with E-state index in [9.17, 15) is 0 Å². The van der Waals surface area contributed by atoms with E-state index in [1.165, 1.54) is 0 Å². The molecule has 19 heavy (non-hydrogen) atoms. The quantitative estimate of drug-likeness (QED) is 0.612. The summed E-state index contributed by atoms with van der Waals surface area (Å²) in [6.07, 6.45) is 0. The first-order valence-electron chi connectivity index (χ1n) is 5.70. The number of nitrogens with zero attached hydrogens (tertiary/aromatic N) is 1. The third-order valence-corrected chi connectivity index (χ3v) is 2.45. The van der Waals surface area contributed by atoms with Gasteiger partial charge < -0.3 is 69.9 Å². The van der Waals surface area contributed by atoms with Gasteiger partial charge in [0.05, 0.1) is 12.6 Å². The first-order valence-corrected chi connectivity index (χ1v) is 5.70. The van der Waals surface area contributed by atoms with Crippen LogP contribution in [0, 0.1) is 54.4 Å². The second-order valence-corrected chi connectivity index (χ2v) is 4.11. The van der Waals surface area contributed by atoms with Gasteiger partial charge in [-0.2, -0.15) is 0 Å². The van der Waals surface area contributed by atoms with Crippen LogP contribution >= 0.6 is 0 Å². The van der Waals surface area contributed by atoms with Crippen LogP contribution in [0.3, 0.4) is 0 Å². The molecular formula is C16H11FeNO-8. The molecule has 0 amide bonds. The van der Waals surface area contributed by atoms with Crippen molar-refractivity contribution in [3.8, 4) is 0 Å². The van der Waals surface area contributed by atoms with Crippen LogP contribution in [0.5, 0.6) is 0 Å². The number of rotatable bonds is 2. The number of hydrogen-bond acceptors (Lipinski definition) is 2. The van der Waals surface area contributed by atoms with Gasteiger partial charge >= 0.3 is 17.1 Å². The summed E-state index contributed by atoms with van der Waals surface area (Å²) < 4.78 is 5.42. The van der Waals surface area contributed by atoms with Gasteiger partial charge in [0.25, 0.3) is 0 Å². The molecule has 3 heteroatoms. The van der Waals surface area contributed by atoms with Crippen LogP contribution in [-0.4, -0.2) is 18.5 Å². The standard InChI is InChI=1S/C11H10NO.C5H.Fe/c1-8(2)10-7-13-11(12-10)9-5-3-4-6-9;1-2-4-5-3-1;/h8,10H,7H2,1-2H3;1H;/q2*-5;+2/t10-;;/m1../s1. The maximum absolute atomic E-state index is 5.42. The van der Waals surface area contributed by atoms with E-state index >= 15 is 0 Å². The van der Waals surface area contributed by atoms with Crippen molar-refractivity contribution < 1.29 is 21.8 Å². The molecule has 0 aromatic heterocycles. The predicted molar refractivity (Wildman–Crippen MR) is 65.9 cm³/mol. The minimum absolute atomic E-state index is 0. The zero-order chi connectivity index (χ0) is 12.8. The van der Waals surface area contributed by atoms with Crippen molar-refractivity contribution in [1.82, 2.24) is 0 Å². The SMILES string of the molecule is CC(C)[C@H]1COC([c-]2[c-][c-][c-][c-]2)=N1.[Fe+2].[c-]1[c-][c-][cH-][c-]1. The zero-order valence-corrected chi connectivity index (χ0v) is 11.8. The minimum atomic E-state index is 0. The Balaban J connectivity index is 0.000000256. The summed E-state index contributed by atoms with van der Waals surface area (Å²) in [5.41, 5.74) is 0.739. The van der Waals surface area contributed by atoms with Crippen molar-refractivity contribution in [2.24, 2.45) is 10.9 Å². The molecule has 2 aromatic rings. The minimum Gasteiger partial charge on any atom is -0.999 e. The Labute approximate surface area is 125 Å². The fraction of sp³-hybridized carbons (Fsp3) is 0.312. The van der Waals surface area contributed by atoms with E-state index < -0.39 is 0 Å². The van der Waals surface area contributed by atoms with Gasteiger partial charge in [-0.1, -0.05) is 13.8 Å². The van der Waals surface area contributed by atoms with Crippen molar-refractivity contribution in [3.05, 3.63) is 60.2 Å². The van der Waals surface area contributed by atoms with Crippen LogP contribution in [0.1, 0.15) is 19.4 Å². The fourth-order valence-electron chi connectivity index (χ4n) is 1.37. The Morgan fingerprint density at radius 1 is 1.21 bits per heavy atom. The molecule has 0 N–H and O–H groups in total. The zero-order valence-electron chi connectivity index (χ0n) is 10.6. The third kappa shape index (κ3) is 4.70. The van der Waals surface area contributed by atoms with Gasteiger partial charge in [0.2, 0.25) is 0 Å². The molecule has 1 atom stereocenters. The molecule has 0 spiro atoms. The van der Waals surface area contributed by atoms with Crippen LogP contribution in [0.2, 0.25) is 0 Å². The third-order valence-electron chi connectivity index (χ3n) is 2.45. The van der Waals surface area contributed by atoms with E-state index in [1.54, 1.807) is 6.07 Å². The first-order chi connectivity index (χ1) is 8.77. The summed E-state index contributed by atoms with van der Waals surface area (Å²) in [4.78, 5) is 4.42. The van der Waals surface area contributed by atoms with Gasteiger partial charge in [0.1, 0.15) is 0 Å². The molecule has 0 unspecified atom stereocenters. The van der Waals surface area contributed by atoms with Gasteiger partial charge in [0.15, 0.2) is 0 Å². The van der Waals surface area contributed by atoms with Crippen molar-refractivity contribution >= 4 is 5.90 Å². The van der Waals surface area contributed by atoms with Crippen LogP contribution < -0.4 is 0 Å². The van der Waals surface area contributed by atoms with Crippen molar-refractivity contribution in [2.75, 3.05) is 6.61 Å². The van der Waals surface area contributed by atoms with E-state index in [-0.39, 0.29) is 23.1 Å². The summed E-state index contributed by atoms with van der Waals surface area (Å²) >= 11 is 0. The largest absolute Gasteiger partial charge is 2.00 e. The smallest absolute Gasteiger partial charge is 0.999 e. The Morgan fingerprint density at radius 2 is 1.84 bits per heavy atom. The van der Waals surface area contributed by atoms with Gasteiger partial charge in [-0.3, -0.25) is 0 Å². The summed E-state index contributed by atoms with van der Waals surface area (Å²) in [7, 11) is 0. The van der Waals surface area contributed by atoms with Gasteiger partial charge in [-0.05, 0) is 5.92 Å². The Bertz CT molecular complexity index is 440. The van der Waals surface area contributed by atoms with E-state index in [0.29, 0.717) is 18.4 Å². The fourth-order valence-corrected chi connectivity index (χ4v) is 1.37. The second-order valence-electron chi connectivity index (χ2n) is 4.11. The van der Waals surface area contributed by atoms with E-state index in [0.717, 1.165) is 5.56 Å². The maximum atomic E-state index is 5.42. The summed E-state index contributed by atoms with van der Waals surface area (Å²) in [6.45, 7) is 4.94. The molecular weight excluding hydrogens is 278 g/mol. The summed E-state index contributed by atoms with van der Waals surface area (Å²) in [6, 6.07) is 23.3. The molecule has 2 aromatic carbocycles. The van der Waals surface area contributed by atoms with Crippen LogP contribution in [-0.2, 0) is 21.8 Å². The normalized spacial score (nSPS) is 17.0. The van der Waals surface area contributed by atoms with Crippen molar-refractivity contribution in [2.45, 2.75) is 19.9 Å². The molecule has 3 rings (SSSR count). The van der Waals surface area contributed by atoms with Gasteiger partial charge in [-0.15, -0.1) is 0 Å². The van der Waals surface area contributed by atoms with Crippen molar-refractivity contribution in [1.29, 1.82) is 0 Å². The predicted octanol–water partition coefficient (Wildman–Crippen LogP) is 2.01. The Morgan fingerprint density at radius 3 is 2.26 bits per heavy atom. The number of aliphatic imine (C=N–C) groups is 1. The Kier molecular flexibility index (Phi) is 6.61. The molecule has 0 aliphatic carbocycles. The molecule has 2 nitrogen and oxygen atoms in total. The molecule has 0 radical (unpaired) electrons. The molecule has 1 aliphatic rings. The summed E-state index contributed by atoms with van der Waals surface area (Å²) in [5.74, 6) is 1.15. The van der Waals surface area contributed by atoms with Crippen LogP contribution in [0.4, 0.5) is 0 Å². The molecule has 1 heterocycles. The second kappa shape index (κ2) is 7.98. The van der Waals surface area contributed by atoms with Gasteiger partial charge in [-0.25, -0.2) is 5.90 Å². The average molecular weight is 289 g/mol. The van der Waals surface area contributed by atoms with E-state index in [1.807, 2.05) is 0 Å². The molecule has 0 saturated heterocycles. The molecule has 0 saturated carbocycles. The Hall–Kier alpha value is -1.31.